The van der Waals surface area contributed by atoms with Gasteiger partial charge in [-0.05, 0) is 6.92 Å². The van der Waals surface area contributed by atoms with Crippen LogP contribution in [0.5, 0.6) is 17.2 Å². The van der Waals surface area contributed by atoms with E-state index in [0.717, 1.165) is 0 Å². The number of methoxy groups -OCH3 is 3. The zero-order chi connectivity index (χ0) is 20.7. The van der Waals surface area contributed by atoms with Crippen molar-refractivity contribution in [3.05, 3.63) is 12.1 Å². The summed E-state index contributed by atoms with van der Waals surface area (Å²) in [7, 11) is 4.44. The van der Waals surface area contributed by atoms with Gasteiger partial charge in [-0.15, -0.1) is 11.8 Å². The Labute approximate surface area is 167 Å². The third kappa shape index (κ3) is 5.22. The lowest BCUT2D eigenvalue weighted by atomic mass is 10.2. The molecule has 0 bridgehead atoms. The molecule has 0 radical (unpaired) electrons. The Morgan fingerprint density at radius 2 is 1.82 bits per heavy atom. The molecule has 2 N–H and O–H groups in total. The lowest BCUT2D eigenvalue weighted by molar-refractivity contribution is -0.146. The smallest absolute Gasteiger partial charge is 0.329 e. The normalized spacial score (nSPS) is 18.6. The van der Waals surface area contributed by atoms with Crippen LogP contribution < -0.4 is 24.8 Å². The first-order chi connectivity index (χ1) is 13.4. The summed E-state index contributed by atoms with van der Waals surface area (Å²) >= 11 is 1.25. The van der Waals surface area contributed by atoms with Crippen LogP contribution >= 0.6 is 11.8 Å². The number of amides is 2. The Bertz CT molecular complexity index is 716. The molecule has 2 unspecified atom stereocenters. The molecule has 1 aromatic rings. The fourth-order valence-corrected chi connectivity index (χ4v) is 3.78. The monoisotopic (exact) mass is 412 g/mol. The molecule has 2 amide bonds. The third-order valence-corrected chi connectivity index (χ3v) is 5.27. The summed E-state index contributed by atoms with van der Waals surface area (Å²) in [6, 6.07) is 2.51. The van der Waals surface area contributed by atoms with Gasteiger partial charge in [-0.1, -0.05) is 0 Å². The lowest BCUT2D eigenvalue weighted by Crippen LogP contribution is -2.51. The second kappa shape index (κ2) is 10.1. The summed E-state index contributed by atoms with van der Waals surface area (Å²) < 4.78 is 20.7. The van der Waals surface area contributed by atoms with Crippen LogP contribution in [0.4, 0.5) is 5.69 Å². The second-order valence-corrected chi connectivity index (χ2v) is 7.04. The number of anilines is 1. The number of carbonyl (C=O) groups excluding carboxylic acids is 3. The highest BCUT2D eigenvalue weighted by Gasteiger charge is 2.34. The van der Waals surface area contributed by atoms with E-state index in [-0.39, 0.29) is 24.8 Å². The van der Waals surface area contributed by atoms with E-state index in [1.165, 1.54) is 33.1 Å². The molecule has 0 aromatic heterocycles. The van der Waals surface area contributed by atoms with Crippen LogP contribution in [0, 0.1) is 0 Å². The number of thioether (sulfide) groups is 1. The van der Waals surface area contributed by atoms with Gasteiger partial charge in [0.25, 0.3) is 0 Å². The lowest BCUT2D eigenvalue weighted by Gasteiger charge is -2.27. The van der Waals surface area contributed by atoms with Gasteiger partial charge in [-0.3, -0.25) is 9.59 Å². The molecule has 2 atom stereocenters. The van der Waals surface area contributed by atoms with Crippen molar-refractivity contribution in [3.63, 3.8) is 0 Å². The van der Waals surface area contributed by atoms with Gasteiger partial charge < -0.3 is 29.6 Å². The average Bonchev–Trinajstić information content (AvgIpc) is 2.68. The van der Waals surface area contributed by atoms with E-state index in [0.29, 0.717) is 28.7 Å². The summed E-state index contributed by atoms with van der Waals surface area (Å²) in [4.78, 5) is 36.3. The number of hydrogen-bond acceptors (Lipinski definition) is 8. The molecule has 1 aliphatic heterocycles. The number of benzene rings is 1. The van der Waals surface area contributed by atoms with Crippen molar-refractivity contribution in [2.24, 2.45) is 0 Å². The molecule has 10 heteroatoms. The van der Waals surface area contributed by atoms with Gasteiger partial charge in [0, 0.05) is 30.0 Å². The highest BCUT2D eigenvalue weighted by atomic mass is 32.2. The first-order valence-corrected chi connectivity index (χ1v) is 9.66. The van der Waals surface area contributed by atoms with Crippen LogP contribution in [-0.4, -0.2) is 62.8 Å². The highest BCUT2D eigenvalue weighted by molar-refractivity contribution is 8.00. The number of carbonyl (C=O) groups is 3. The number of rotatable bonds is 8. The first kappa shape index (κ1) is 21.7. The summed E-state index contributed by atoms with van der Waals surface area (Å²) in [5, 5.41) is 4.74. The summed E-state index contributed by atoms with van der Waals surface area (Å²) in [5.41, 5.74) is 0.449. The topological polar surface area (TPSA) is 112 Å². The minimum Gasteiger partial charge on any atom is -0.493 e. The van der Waals surface area contributed by atoms with Gasteiger partial charge in [-0.2, -0.15) is 0 Å². The van der Waals surface area contributed by atoms with Gasteiger partial charge >= 0.3 is 5.97 Å². The Kier molecular flexibility index (Phi) is 7.80. The number of ether oxygens (including phenoxy) is 4. The minimum absolute atomic E-state index is 0.0390. The zero-order valence-corrected chi connectivity index (χ0v) is 17.0. The van der Waals surface area contributed by atoms with Crippen molar-refractivity contribution in [1.29, 1.82) is 0 Å². The molecule has 0 aliphatic carbocycles. The Morgan fingerprint density at radius 1 is 1.18 bits per heavy atom. The minimum atomic E-state index is -0.688. The molecule has 0 saturated carbocycles. The third-order valence-electron chi connectivity index (χ3n) is 3.96. The van der Waals surface area contributed by atoms with Crippen LogP contribution in [0.1, 0.15) is 13.3 Å². The van der Waals surface area contributed by atoms with Gasteiger partial charge in [0.1, 0.15) is 6.04 Å². The SMILES string of the molecule is CCOC(=O)C1CSC(CC(=O)Nc2cc(OC)c(OC)c(OC)c2)C(=O)N1. The number of hydrogen-bond donors (Lipinski definition) is 2. The van der Waals surface area contributed by atoms with Crippen LogP contribution in [-0.2, 0) is 19.1 Å². The summed E-state index contributed by atoms with van der Waals surface area (Å²) in [6.07, 6.45) is -0.0390. The van der Waals surface area contributed by atoms with Crippen molar-refractivity contribution < 1.29 is 33.3 Å². The maximum atomic E-state index is 12.4. The largest absolute Gasteiger partial charge is 0.493 e. The Morgan fingerprint density at radius 3 is 2.32 bits per heavy atom. The Balaban J connectivity index is 1.99. The van der Waals surface area contributed by atoms with Crippen molar-refractivity contribution in [2.75, 3.05) is 39.0 Å². The standard InChI is InChI=1S/C18H24N2O7S/c1-5-27-18(23)11-9-28-14(17(22)20-11)8-15(21)19-10-6-12(24-2)16(26-4)13(7-10)25-3/h6-7,11,14H,5,8-9H2,1-4H3,(H,19,21)(H,20,22). The molecule has 1 heterocycles. The molecule has 1 aromatic carbocycles. The summed E-state index contributed by atoms with van der Waals surface area (Å²) in [6.45, 7) is 1.95. The fourth-order valence-electron chi connectivity index (χ4n) is 2.65. The van der Waals surface area contributed by atoms with E-state index in [2.05, 4.69) is 10.6 Å². The molecule has 1 fully saturated rings. The van der Waals surface area contributed by atoms with Crippen LogP contribution in [0.15, 0.2) is 12.1 Å². The van der Waals surface area contributed by atoms with E-state index in [9.17, 15) is 14.4 Å². The molecule has 0 spiro atoms. The molecule has 28 heavy (non-hydrogen) atoms. The zero-order valence-electron chi connectivity index (χ0n) is 16.2. The molecule has 9 nitrogen and oxygen atoms in total. The first-order valence-electron chi connectivity index (χ1n) is 8.61. The van der Waals surface area contributed by atoms with Gasteiger partial charge in [0.2, 0.25) is 17.6 Å². The van der Waals surface area contributed by atoms with Crippen molar-refractivity contribution in [1.82, 2.24) is 5.32 Å². The van der Waals surface area contributed by atoms with Gasteiger partial charge in [-0.25, -0.2) is 4.79 Å². The molecular formula is C18H24N2O7S. The van der Waals surface area contributed by atoms with Crippen LogP contribution in [0.2, 0.25) is 0 Å². The summed E-state index contributed by atoms with van der Waals surface area (Å²) in [5.74, 6) is 0.385. The van der Waals surface area contributed by atoms with Crippen LogP contribution in [0.3, 0.4) is 0 Å². The van der Waals surface area contributed by atoms with E-state index < -0.39 is 17.3 Å². The van der Waals surface area contributed by atoms with E-state index in [1.54, 1.807) is 19.1 Å². The maximum absolute atomic E-state index is 12.4. The van der Waals surface area contributed by atoms with E-state index >= 15 is 0 Å². The Hall–Kier alpha value is -2.62. The highest BCUT2D eigenvalue weighted by Crippen LogP contribution is 2.40. The van der Waals surface area contributed by atoms with E-state index in [4.69, 9.17) is 18.9 Å². The predicted molar refractivity (Wildman–Crippen MR) is 104 cm³/mol. The maximum Gasteiger partial charge on any atom is 0.329 e. The van der Waals surface area contributed by atoms with Gasteiger partial charge in [0.05, 0.1) is 33.2 Å². The molecule has 1 aliphatic rings. The number of nitrogens with one attached hydrogen (secondary N) is 2. The second-order valence-electron chi connectivity index (χ2n) is 5.80. The van der Waals surface area contributed by atoms with E-state index in [1.807, 2.05) is 0 Å². The van der Waals surface area contributed by atoms with Crippen molar-refractivity contribution in [3.8, 4) is 17.2 Å². The average molecular weight is 412 g/mol. The van der Waals surface area contributed by atoms with Crippen LogP contribution in [0.25, 0.3) is 0 Å². The quantitative estimate of drug-likeness (QED) is 0.613. The molecule has 2 rings (SSSR count). The molecular weight excluding hydrogens is 388 g/mol. The number of esters is 1. The molecule has 1 saturated heterocycles. The van der Waals surface area contributed by atoms with Crippen molar-refractivity contribution in [2.45, 2.75) is 24.6 Å². The molecule has 154 valence electrons. The van der Waals surface area contributed by atoms with Gasteiger partial charge in [0.15, 0.2) is 11.5 Å². The van der Waals surface area contributed by atoms with Crippen molar-refractivity contribution >= 4 is 35.2 Å². The predicted octanol–water partition coefficient (Wildman–Crippen LogP) is 1.20. The fraction of sp³-hybridized carbons (Fsp3) is 0.500.